The zero-order valence-electron chi connectivity index (χ0n) is 22.6. The van der Waals surface area contributed by atoms with Crippen LogP contribution in [-0.2, 0) is 23.7 Å². The number of halogens is 7. The molecule has 8 nitrogen and oxygen atoms in total. The summed E-state index contributed by atoms with van der Waals surface area (Å²) in [6, 6.07) is 3.98. The summed E-state index contributed by atoms with van der Waals surface area (Å²) in [4.78, 5) is 37.9. The van der Waals surface area contributed by atoms with Crippen molar-refractivity contribution in [1.82, 2.24) is 25.6 Å². The van der Waals surface area contributed by atoms with Crippen LogP contribution in [0.1, 0.15) is 35.2 Å². The monoisotopic (exact) mass is 640 g/mol. The van der Waals surface area contributed by atoms with E-state index >= 15 is 0 Å². The summed E-state index contributed by atoms with van der Waals surface area (Å²) < 4.78 is 94.5. The Morgan fingerprint density at radius 1 is 1.02 bits per heavy atom. The van der Waals surface area contributed by atoms with Crippen LogP contribution in [0.15, 0.2) is 47.6 Å². The van der Waals surface area contributed by atoms with Crippen molar-refractivity contribution in [3.05, 3.63) is 75.8 Å². The molecule has 0 atom stereocenters. The second kappa shape index (κ2) is 12.5. The Labute approximate surface area is 250 Å². The van der Waals surface area contributed by atoms with Crippen molar-refractivity contribution < 1.29 is 40.3 Å². The third-order valence-corrected chi connectivity index (χ3v) is 7.90. The number of carbonyl (C=O) groups excluding carboxylic acids is 2. The molecule has 3 aromatic rings. The van der Waals surface area contributed by atoms with E-state index in [1.54, 1.807) is 12.3 Å². The fraction of sp³-hybridized carbons (Fsp3) is 0.321. The number of pyridine rings is 1. The summed E-state index contributed by atoms with van der Waals surface area (Å²) in [6.07, 6.45) is -4.76. The molecule has 2 aliphatic heterocycles. The average molecular weight is 641 g/mol. The second-order valence-electron chi connectivity index (χ2n) is 10.1. The molecule has 0 spiro atoms. The number of thioether (sulfide) groups is 1. The predicted octanol–water partition coefficient (Wildman–Crippen LogP) is 6.05. The first-order valence-corrected chi connectivity index (χ1v) is 14.1. The van der Waals surface area contributed by atoms with Gasteiger partial charge in [0.05, 0.1) is 33.6 Å². The van der Waals surface area contributed by atoms with Gasteiger partial charge in [0.1, 0.15) is 5.82 Å². The SMILES string of the molecule is O=C1NC(=O)/C(=C/c2ccnc(N3CCC(CNCc4cc(-c5ccc(C(F)(F)F)cc5C(F)(F)F)ncc4F)CC3)n2)S1. The molecule has 44 heavy (non-hydrogen) atoms. The standard InChI is InChI=1S/C28H23F7N6O2S/c29-21-14-38-22(19-2-1-17(27(30,31)32)10-20(19)28(33,34)35)9-16(21)13-36-12-15-4-7-41(8-5-15)25-37-6-3-18(39-25)11-23-24(42)40-26(43)44-23/h1-3,6,9-11,14-15,36H,4-5,7-8,12-13H2,(H,40,42,43)/b23-11-. The lowest BCUT2D eigenvalue weighted by molar-refractivity contribution is -0.142. The molecule has 2 N–H and O–H groups in total. The number of aromatic nitrogens is 3. The molecular weight excluding hydrogens is 617 g/mol. The van der Waals surface area contributed by atoms with Crippen LogP contribution in [0.4, 0.5) is 41.5 Å². The number of hydrogen-bond donors (Lipinski definition) is 2. The van der Waals surface area contributed by atoms with E-state index in [-0.39, 0.29) is 34.7 Å². The van der Waals surface area contributed by atoms with Gasteiger partial charge in [-0.25, -0.2) is 14.4 Å². The van der Waals surface area contributed by atoms with Crippen molar-refractivity contribution in [2.24, 2.45) is 5.92 Å². The van der Waals surface area contributed by atoms with Crippen LogP contribution in [0.25, 0.3) is 17.3 Å². The molecule has 0 aliphatic carbocycles. The molecule has 2 saturated heterocycles. The topological polar surface area (TPSA) is 100 Å². The van der Waals surface area contributed by atoms with Gasteiger partial charge in [-0.1, -0.05) is 6.07 Å². The lowest BCUT2D eigenvalue weighted by atomic mass is 9.96. The first-order valence-electron chi connectivity index (χ1n) is 13.2. The third kappa shape index (κ3) is 7.35. The number of hydrogen-bond acceptors (Lipinski definition) is 8. The van der Waals surface area contributed by atoms with Gasteiger partial charge < -0.3 is 10.2 Å². The van der Waals surface area contributed by atoms with Crippen molar-refractivity contribution in [3.63, 3.8) is 0 Å². The minimum atomic E-state index is -5.09. The maximum absolute atomic E-state index is 14.5. The Balaban J connectivity index is 1.19. The molecule has 0 unspecified atom stereocenters. The number of piperidine rings is 1. The van der Waals surface area contributed by atoms with Crippen molar-refractivity contribution >= 4 is 34.9 Å². The van der Waals surface area contributed by atoms with Gasteiger partial charge in [-0.05, 0) is 67.4 Å². The third-order valence-electron chi connectivity index (χ3n) is 7.09. The van der Waals surface area contributed by atoms with Crippen LogP contribution in [-0.4, -0.2) is 45.7 Å². The van der Waals surface area contributed by atoms with E-state index in [1.807, 2.05) is 4.90 Å². The van der Waals surface area contributed by atoms with E-state index in [0.29, 0.717) is 43.4 Å². The number of amides is 2. The van der Waals surface area contributed by atoms with Gasteiger partial charge in [0.25, 0.3) is 11.1 Å². The van der Waals surface area contributed by atoms with Crippen LogP contribution >= 0.6 is 11.8 Å². The highest BCUT2D eigenvalue weighted by molar-refractivity contribution is 8.18. The first kappa shape index (κ1) is 31.4. The number of benzene rings is 1. The number of imide groups is 1. The Hall–Kier alpha value is -4.05. The number of alkyl halides is 6. The summed E-state index contributed by atoms with van der Waals surface area (Å²) in [5, 5.41) is 4.84. The maximum Gasteiger partial charge on any atom is 0.417 e. The van der Waals surface area contributed by atoms with Gasteiger partial charge in [-0.2, -0.15) is 26.3 Å². The Bertz CT molecular complexity index is 1600. The highest BCUT2D eigenvalue weighted by Crippen LogP contribution is 2.40. The predicted molar refractivity (Wildman–Crippen MR) is 147 cm³/mol. The summed E-state index contributed by atoms with van der Waals surface area (Å²) in [5.41, 5.74) is -3.34. The summed E-state index contributed by atoms with van der Waals surface area (Å²) in [7, 11) is 0. The summed E-state index contributed by atoms with van der Waals surface area (Å²) in [5.74, 6) is -0.589. The molecule has 232 valence electrons. The minimum Gasteiger partial charge on any atom is -0.341 e. The fourth-order valence-electron chi connectivity index (χ4n) is 4.84. The lowest BCUT2D eigenvalue weighted by Gasteiger charge is -2.32. The van der Waals surface area contributed by atoms with Crippen LogP contribution in [0.2, 0.25) is 0 Å². The van der Waals surface area contributed by atoms with Gasteiger partial charge in [0.15, 0.2) is 0 Å². The minimum absolute atomic E-state index is 0.0237. The van der Waals surface area contributed by atoms with Gasteiger partial charge >= 0.3 is 12.4 Å². The zero-order valence-corrected chi connectivity index (χ0v) is 23.4. The first-order chi connectivity index (χ1) is 20.8. The van der Waals surface area contributed by atoms with Crippen LogP contribution in [0, 0.1) is 11.7 Å². The molecule has 2 fully saturated rings. The number of rotatable bonds is 7. The summed E-state index contributed by atoms with van der Waals surface area (Å²) in [6.45, 7) is 1.67. The largest absolute Gasteiger partial charge is 0.417 e. The molecule has 1 aromatic carbocycles. The molecule has 0 saturated carbocycles. The van der Waals surface area contributed by atoms with Crippen molar-refractivity contribution in [3.8, 4) is 11.3 Å². The smallest absolute Gasteiger partial charge is 0.341 e. The van der Waals surface area contributed by atoms with Gasteiger partial charge in [-0.15, -0.1) is 0 Å². The molecule has 5 rings (SSSR count). The molecular formula is C28H23F7N6O2S. The second-order valence-corrected chi connectivity index (χ2v) is 11.1. The number of nitrogens with one attached hydrogen (secondary N) is 2. The molecule has 2 amide bonds. The number of nitrogens with zero attached hydrogens (tertiary/aromatic N) is 4. The highest BCUT2D eigenvalue weighted by Gasteiger charge is 2.38. The molecule has 0 bridgehead atoms. The average Bonchev–Trinajstić information content (AvgIpc) is 3.29. The number of anilines is 1. The Morgan fingerprint density at radius 2 is 1.77 bits per heavy atom. The summed E-state index contributed by atoms with van der Waals surface area (Å²) >= 11 is 0.790. The fourth-order valence-corrected chi connectivity index (χ4v) is 5.51. The van der Waals surface area contributed by atoms with E-state index in [9.17, 15) is 40.3 Å². The quantitative estimate of drug-likeness (QED) is 0.238. The number of carbonyl (C=O) groups is 2. The molecule has 4 heterocycles. The normalized spacial score (nSPS) is 17.4. The van der Waals surface area contributed by atoms with Gasteiger partial charge in [0, 0.05) is 37.0 Å². The van der Waals surface area contributed by atoms with Gasteiger partial charge in [0.2, 0.25) is 5.95 Å². The van der Waals surface area contributed by atoms with E-state index in [1.165, 1.54) is 6.08 Å². The van der Waals surface area contributed by atoms with Crippen LogP contribution in [0.5, 0.6) is 0 Å². The van der Waals surface area contributed by atoms with E-state index in [4.69, 9.17) is 0 Å². The van der Waals surface area contributed by atoms with E-state index in [2.05, 4.69) is 25.6 Å². The van der Waals surface area contributed by atoms with Crippen molar-refractivity contribution in [2.45, 2.75) is 31.7 Å². The maximum atomic E-state index is 14.5. The molecule has 16 heteroatoms. The van der Waals surface area contributed by atoms with Crippen LogP contribution < -0.4 is 15.5 Å². The van der Waals surface area contributed by atoms with Crippen molar-refractivity contribution in [2.75, 3.05) is 24.5 Å². The lowest BCUT2D eigenvalue weighted by Crippen LogP contribution is -2.38. The van der Waals surface area contributed by atoms with E-state index in [0.717, 1.165) is 36.9 Å². The highest BCUT2D eigenvalue weighted by atomic mass is 32.2. The molecule has 2 aliphatic rings. The Kier molecular flexibility index (Phi) is 8.92. The molecule has 2 aromatic heterocycles. The van der Waals surface area contributed by atoms with E-state index < -0.39 is 46.0 Å². The van der Waals surface area contributed by atoms with Gasteiger partial charge in [-0.3, -0.25) is 19.9 Å². The van der Waals surface area contributed by atoms with Crippen molar-refractivity contribution in [1.29, 1.82) is 0 Å². The Morgan fingerprint density at radius 3 is 2.43 bits per heavy atom. The molecule has 0 radical (unpaired) electrons. The zero-order chi connectivity index (χ0) is 31.6. The van der Waals surface area contributed by atoms with Crippen LogP contribution in [0.3, 0.4) is 0 Å².